The Morgan fingerprint density at radius 3 is 2.50 bits per heavy atom. The van der Waals surface area contributed by atoms with Crippen LogP contribution in [-0.4, -0.2) is 16.0 Å². The predicted molar refractivity (Wildman–Crippen MR) is 97.8 cm³/mol. The van der Waals surface area contributed by atoms with Crippen LogP contribution in [0.4, 0.5) is 11.4 Å². The normalized spacial score (nSPS) is 10.7. The van der Waals surface area contributed by atoms with Crippen LogP contribution >= 0.6 is 27.7 Å². The average molecular weight is 374 g/mol. The van der Waals surface area contributed by atoms with Crippen LogP contribution in [0.2, 0.25) is 0 Å². The van der Waals surface area contributed by atoms with Gasteiger partial charge in [0.2, 0.25) is 0 Å². The van der Waals surface area contributed by atoms with Crippen molar-refractivity contribution in [1.29, 1.82) is 0 Å². The molecule has 0 unspecified atom stereocenters. The molecule has 1 N–H and O–H groups in total. The Labute approximate surface area is 142 Å². The Bertz CT molecular complexity index is 761. The molecule has 0 atom stereocenters. The third-order valence-electron chi connectivity index (χ3n) is 3.41. The minimum atomic E-state index is 0.997. The average Bonchev–Trinajstić information content (AvgIpc) is 2.87. The third kappa shape index (κ3) is 3.20. The molecule has 112 valence electrons. The highest BCUT2D eigenvalue weighted by atomic mass is 79.9. The van der Waals surface area contributed by atoms with Gasteiger partial charge in [0.15, 0.2) is 0 Å². The molecule has 22 heavy (non-hydrogen) atoms. The summed E-state index contributed by atoms with van der Waals surface area (Å²) in [6, 6.07) is 16.8. The molecular formula is C17H16BrN3S. The van der Waals surface area contributed by atoms with E-state index in [0.29, 0.717) is 0 Å². The van der Waals surface area contributed by atoms with Crippen LogP contribution < -0.4 is 5.32 Å². The van der Waals surface area contributed by atoms with Gasteiger partial charge in [-0.3, -0.25) is 4.68 Å². The van der Waals surface area contributed by atoms with E-state index in [4.69, 9.17) is 0 Å². The van der Waals surface area contributed by atoms with Gasteiger partial charge >= 0.3 is 0 Å². The maximum Gasteiger partial charge on any atom is 0.0821 e. The van der Waals surface area contributed by atoms with E-state index in [9.17, 15) is 0 Å². The Morgan fingerprint density at radius 1 is 1.09 bits per heavy atom. The molecule has 3 rings (SSSR count). The number of benzene rings is 2. The summed E-state index contributed by atoms with van der Waals surface area (Å²) in [5.74, 6) is 0. The Hall–Kier alpha value is -1.72. The van der Waals surface area contributed by atoms with Crippen molar-refractivity contribution in [1.82, 2.24) is 9.78 Å². The lowest BCUT2D eigenvalue weighted by Crippen LogP contribution is -1.95. The van der Waals surface area contributed by atoms with Gasteiger partial charge in [-0.1, -0.05) is 12.1 Å². The summed E-state index contributed by atoms with van der Waals surface area (Å²) in [7, 11) is 1.95. The number of rotatable bonds is 4. The maximum absolute atomic E-state index is 4.27. The zero-order valence-electron chi connectivity index (χ0n) is 12.4. The van der Waals surface area contributed by atoms with Gasteiger partial charge in [0.1, 0.15) is 0 Å². The second kappa shape index (κ2) is 6.58. The van der Waals surface area contributed by atoms with Gasteiger partial charge in [0.05, 0.1) is 16.4 Å². The highest BCUT2D eigenvalue weighted by Crippen LogP contribution is 2.30. The van der Waals surface area contributed by atoms with Gasteiger partial charge < -0.3 is 5.32 Å². The third-order valence-corrected chi connectivity index (χ3v) is 4.73. The van der Waals surface area contributed by atoms with Gasteiger partial charge in [-0.25, -0.2) is 0 Å². The first-order chi connectivity index (χ1) is 10.7. The smallest absolute Gasteiger partial charge is 0.0821 e. The molecule has 0 radical (unpaired) electrons. The van der Waals surface area contributed by atoms with E-state index >= 15 is 0 Å². The molecule has 0 amide bonds. The van der Waals surface area contributed by atoms with Gasteiger partial charge in [-0.15, -0.1) is 11.8 Å². The van der Waals surface area contributed by atoms with Crippen molar-refractivity contribution in [3.8, 4) is 11.3 Å². The molecule has 0 aliphatic carbocycles. The number of thioether (sulfide) groups is 1. The van der Waals surface area contributed by atoms with E-state index in [1.54, 1.807) is 11.8 Å². The molecule has 5 heteroatoms. The van der Waals surface area contributed by atoms with Crippen molar-refractivity contribution >= 4 is 39.1 Å². The second-order valence-electron chi connectivity index (χ2n) is 4.90. The van der Waals surface area contributed by atoms with E-state index < -0.39 is 0 Å². The van der Waals surface area contributed by atoms with E-state index in [-0.39, 0.29) is 0 Å². The van der Waals surface area contributed by atoms with E-state index in [1.807, 2.05) is 24.0 Å². The minimum absolute atomic E-state index is 0.997. The highest BCUT2D eigenvalue weighted by molar-refractivity contribution is 9.10. The molecule has 0 saturated heterocycles. The van der Waals surface area contributed by atoms with E-state index in [0.717, 1.165) is 27.1 Å². The second-order valence-corrected chi connectivity index (χ2v) is 6.63. The molecular weight excluding hydrogens is 358 g/mol. The molecule has 1 aromatic heterocycles. The number of nitrogens with one attached hydrogen (secondary N) is 1. The number of nitrogens with zero attached hydrogens (tertiary/aromatic N) is 2. The van der Waals surface area contributed by atoms with Crippen LogP contribution in [0.25, 0.3) is 11.3 Å². The lowest BCUT2D eigenvalue weighted by Gasteiger charge is -2.10. The molecule has 0 saturated carbocycles. The van der Waals surface area contributed by atoms with Crippen molar-refractivity contribution in [2.45, 2.75) is 4.90 Å². The Kier molecular flexibility index (Phi) is 4.55. The number of aromatic nitrogens is 2. The Balaban J connectivity index is 1.88. The van der Waals surface area contributed by atoms with E-state index in [2.05, 4.69) is 75.1 Å². The van der Waals surface area contributed by atoms with Gasteiger partial charge in [-0.05, 0) is 58.6 Å². The number of anilines is 2. The zero-order chi connectivity index (χ0) is 15.5. The number of aryl methyl sites for hydroxylation is 1. The number of hydrogen-bond donors (Lipinski definition) is 1. The lowest BCUT2D eigenvalue weighted by molar-refractivity contribution is 0.776. The van der Waals surface area contributed by atoms with Crippen molar-refractivity contribution in [3.63, 3.8) is 0 Å². The number of hydrogen-bond acceptors (Lipinski definition) is 3. The molecule has 2 aromatic carbocycles. The number of halogens is 1. The fourth-order valence-corrected chi connectivity index (χ4v) is 3.31. The SMILES string of the molecule is CSc1ccc(Nc2cccc(-c3c(Br)cnn3C)c2)cc1. The monoisotopic (exact) mass is 373 g/mol. The molecule has 0 fully saturated rings. The van der Waals surface area contributed by atoms with Crippen molar-refractivity contribution in [2.75, 3.05) is 11.6 Å². The summed E-state index contributed by atoms with van der Waals surface area (Å²) in [4.78, 5) is 1.26. The van der Waals surface area contributed by atoms with Gasteiger partial charge in [0, 0.05) is 28.9 Å². The highest BCUT2D eigenvalue weighted by Gasteiger charge is 2.09. The van der Waals surface area contributed by atoms with Crippen LogP contribution in [0.5, 0.6) is 0 Å². The zero-order valence-corrected chi connectivity index (χ0v) is 14.8. The summed E-state index contributed by atoms with van der Waals surface area (Å²) in [6.07, 6.45) is 3.90. The standard InChI is InChI=1S/C17H16BrN3S/c1-21-17(16(18)11-19-21)12-4-3-5-14(10-12)20-13-6-8-15(22-2)9-7-13/h3-11,20H,1-2H3. The summed E-state index contributed by atoms with van der Waals surface area (Å²) in [5.41, 5.74) is 4.33. The van der Waals surface area contributed by atoms with Crippen LogP contribution in [0.1, 0.15) is 0 Å². The van der Waals surface area contributed by atoms with Crippen LogP contribution in [0.3, 0.4) is 0 Å². The lowest BCUT2D eigenvalue weighted by atomic mass is 10.1. The molecule has 1 heterocycles. The first kappa shape index (κ1) is 15.2. The van der Waals surface area contributed by atoms with Crippen molar-refractivity contribution < 1.29 is 0 Å². The quantitative estimate of drug-likeness (QED) is 0.628. The predicted octanol–water partition coefficient (Wildman–Crippen LogP) is 5.32. The maximum atomic E-state index is 4.27. The summed E-state index contributed by atoms with van der Waals surface area (Å²) >= 11 is 5.30. The van der Waals surface area contributed by atoms with Crippen LogP contribution in [-0.2, 0) is 7.05 Å². The first-order valence-corrected chi connectivity index (χ1v) is 8.88. The van der Waals surface area contributed by atoms with Crippen LogP contribution in [0.15, 0.2) is 64.1 Å². The molecule has 0 bridgehead atoms. The topological polar surface area (TPSA) is 29.9 Å². The fraction of sp³-hybridized carbons (Fsp3) is 0.118. The van der Waals surface area contributed by atoms with Gasteiger partial charge in [0.25, 0.3) is 0 Å². The molecule has 3 nitrogen and oxygen atoms in total. The van der Waals surface area contributed by atoms with Crippen molar-refractivity contribution in [3.05, 3.63) is 59.2 Å². The largest absolute Gasteiger partial charge is 0.356 e. The molecule has 0 spiro atoms. The fourth-order valence-electron chi connectivity index (χ4n) is 2.32. The minimum Gasteiger partial charge on any atom is -0.356 e. The molecule has 0 aliphatic rings. The van der Waals surface area contributed by atoms with Crippen molar-refractivity contribution in [2.24, 2.45) is 7.05 Å². The molecule has 0 aliphatic heterocycles. The molecule has 3 aromatic rings. The summed E-state index contributed by atoms with van der Waals surface area (Å²) in [6.45, 7) is 0. The van der Waals surface area contributed by atoms with Gasteiger partial charge in [-0.2, -0.15) is 5.10 Å². The summed E-state index contributed by atoms with van der Waals surface area (Å²) in [5, 5.41) is 7.71. The summed E-state index contributed by atoms with van der Waals surface area (Å²) < 4.78 is 2.87. The van der Waals surface area contributed by atoms with Crippen LogP contribution in [0, 0.1) is 0 Å². The Morgan fingerprint density at radius 2 is 1.86 bits per heavy atom. The van der Waals surface area contributed by atoms with E-state index in [1.165, 1.54) is 4.90 Å². The first-order valence-electron chi connectivity index (χ1n) is 6.86.